The number of rotatable bonds is 5. The van der Waals surface area contributed by atoms with Crippen molar-refractivity contribution in [3.8, 4) is 0 Å². The van der Waals surface area contributed by atoms with Gasteiger partial charge in [0, 0.05) is 31.1 Å². The fraction of sp³-hybridized carbons (Fsp3) is 1.00. The molecule has 0 unspecified atom stereocenters. The molecule has 0 spiro atoms. The first-order valence-corrected chi connectivity index (χ1v) is 7.33. The highest BCUT2D eigenvalue weighted by Crippen LogP contribution is 2.19. The smallest absolute Gasteiger partial charge is 0.151 e. The molecule has 1 heterocycles. The molecule has 4 nitrogen and oxygen atoms in total. The predicted molar refractivity (Wildman–Crippen MR) is 60.8 cm³/mol. The molecule has 0 aliphatic carbocycles. The summed E-state index contributed by atoms with van der Waals surface area (Å²) in [5.41, 5.74) is 0.0571. The van der Waals surface area contributed by atoms with E-state index in [1.165, 1.54) is 0 Å². The summed E-state index contributed by atoms with van der Waals surface area (Å²) in [5.74, 6) is 0.467. The van der Waals surface area contributed by atoms with Crippen LogP contribution in [-0.4, -0.2) is 45.2 Å². The fourth-order valence-corrected chi connectivity index (χ4v) is 2.35. The molecule has 0 aromatic heterocycles. The predicted octanol–water partition coefficient (Wildman–Crippen LogP) is 0.580. The largest absolute Gasteiger partial charge is 0.381 e. The first-order valence-electron chi connectivity index (χ1n) is 5.51. The van der Waals surface area contributed by atoms with E-state index in [0.29, 0.717) is 6.54 Å². The molecule has 0 amide bonds. The van der Waals surface area contributed by atoms with E-state index >= 15 is 0 Å². The van der Waals surface area contributed by atoms with Gasteiger partial charge < -0.3 is 10.1 Å². The van der Waals surface area contributed by atoms with Crippen LogP contribution in [0.25, 0.3) is 0 Å². The zero-order valence-corrected chi connectivity index (χ0v) is 10.4. The van der Waals surface area contributed by atoms with E-state index in [2.05, 4.69) is 12.2 Å². The Morgan fingerprint density at radius 2 is 1.93 bits per heavy atom. The van der Waals surface area contributed by atoms with E-state index in [-0.39, 0.29) is 17.0 Å². The highest BCUT2D eigenvalue weighted by molar-refractivity contribution is 7.91. The first-order chi connectivity index (χ1) is 6.97. The number of hydrogen-bond donors (Lipinski definition) is 1. The lowest BCUT2D eigenvalue weighted by atomic mass is 9.93. The van der Waals surface area contributed by atoms with Crippen LogP contribution in [0.5, 0.6) is 0 Å². The summed E-state index contributed by atoms with van der Waals surface area (Å²) >= 11 is 0. The van der Waals surface area contributed by atoms with Crippen molar-refractivity contribution in [1.29, 1.82) is 0 Å². The Balaban J connectivity index is 2.30. The first kappa shape index (κ1) is 12.9. The molecule has 90 valence electrons. The van der Waals surface area contributed by atoms with Crippen molar-refractivity contribution in [1.82, 2.24) is 5.32 Å². The zero-order chi connectivity index (χ0) is 11.4. The minimum absolute atomic E-state index is 0.0571. The van der Waals surface area contributed by atoms with E-state index in [1.807, 2.05) is 0 Å². The molecule has 1 aliphatic rings. The normalized spacial score (nSPS) is 21.5. The van der Waals surface area contributed by atoms with Crippen LogP contribution < -0.4 is 5.32 Å². The second-order valence-corrected chi connectivity index (χ2v) is 6.81. The van der Waals surface area contributed by atoms with Gasteiger partial charge in [-0.3, -0.25) is 0 Å². The molecule has 1 aliphatic heterocycles. The summed E-state index contributed by atoms with van der Waals surface area (Å²) in [7, 11) is -2.84. The zero-order valence-electron chi connectivity index (χ0n) is 9.58. The topological polar surface area (TPSA) is 55.4 Å². The SMILES string of the molecule is CCS(=O)(=O)CCNC1(C)CCOCC1. The van der Waals surface area contributed by atoms with Crippen LogP contribution in [0.2, 0.25) is 0 Å². The van der Waals surface area contributed by atoms with E-state index in [1.54, 1.807) is 6.92 Å². The van der Waals surface area contributed by atoms with Gasteiger partial charge in [0.05, 0.1) is 5.75 Å². The van der Waals surface area contributed by atoms with Gasteiger partial charge in [-0.25, -0.2) is 8.42 Å². The summed E-state index contributed by atoms with van der Waals surface area (Å²) in [5, 5.41) is 3.33. The van der Waals surface area contributed by atoms with Gasteiger partial charge >= 0.3 is 0 Å². The Kier molecular flexibility index (Phi) is 4.55. The van der Waals surface area contributed by atoms with Crippen LogP contribution in [0.4, 0.5) is 0 Å². The summed E-state index contributed by atoms with van der Waals surface area (Å²) in [6.45, 7) is 5.90. The van der Waals surface area contributed by atoms with Gasteiger partial charge in [-0.1, -0.05) is 6.92 Å². The summed E-state index contributed by atoms with van der Waals surface area (Å²) in [6.07, 6.45) is 1.92. The third kappa shape index (κ3) is 4.49. The standard InChI is InChI=1S/C10H21NO3S/c1-3-15(12,13)9-6-11-10(2)4-7-14-8-5-10/h11H,3-9H2,1-2H3. The average molecular weight is 235 g/mol. The molecule has 0 aromatic rings. The third-order valence-electron chi connectivity index (χ3n) is 3.00. The van der Waals surface area contributed by atoms with Crippen LogP contribution in [-0.2, 0) is 14.6 Å². The quantitative estimate of drug-likeness (QED) is 0.757. The fourth-order valence-electron chi connectivity index (χ4n) is 1.65. The van der Waals surface area contributed by atoms with E-state index < -0.39 is 9.84 Å². The van der Waals surface area contributed by atoms with Gasteiger partial charge in [-0.05, 0) is 19.8 Å². The van der Waals surface area contributed by atoms with Crippen molar-refractivity contribution in [2.75, 3.05) is 31.3 Å². The van der Waals surface area contributed by atoms with Crippen molar-refractivity contribution >= 4 is 9.84 Å². The molecule has 5 heteroatoms. The lowest BCUT2D eigenvalue weighted by Gasteiger charge is -2.34. The number of sulfone groups is 1. The number of hydrogen-bond acceptors (Lipinski definition) is 4. The minimum atomic E-state index is -2.84. The van der Waals surface area contributed by atoms with Gasteiger partial charge in [0.25, 0.3) is 0 Å². The van der Waals surface area contributed by atoms with Gasteiger partial charge in [0.1, 0.15) is 0 Å². The molecule has 1 rings (SSSR count). The van der Waals surface area contributed by atoms with E-state index in [4.69, 9.17) is 4.74 Å². The average Bonchev–Trinajstić information content (AvgIpc) is 2.18. The van der Waals surface area contributed by atoms with Gasteiger partial charge in [0.2, 0.25) is 0 Å². The molecule has 1 fully saturated rings. The van der Waals surface area contributed by atoms with Crippen molar-refractivity contribution in [2.24, 2.45) is 0 Å². The maximum absolute atomic E-state index is 11.3. The van der Waals surface area contributed by atoms with Crippen LogP contribution in [0.15, 0.2) is 0 Å². The minimum Gasteiger partial charge on any atom is -0.381 e. The van der Waals surface area contributed by atoms with Gasteiger partial charge in [0.15, 0.2) is 9.84 Å². The Morgan fingerprint density at radius 3 is 2.47 bits per heavy atom. The highest BCUT2D eigenvalue weighted by Gasteiger charge is 2.26. The Bertz CT molecular complexity index is 281. The lowest BCUT2D eigenvalue weighted by Crippen LogP contribution is -2.48. The molecule has 0 atom stereocenters. The van der Waals surface area contributed by atoms with Crippen LogP contribution in [0, 0.1) is 0 Å². The maximum Gasteiger partial charge on any atom is 0.151 e. The molecule has 1 saturated heterocycles. The Labute approximate surface area is 92.3 Å². The molecule has 0 saturated carbocycles. The highest BCUT2D eigenvalue weighted by atomic mass is 32.2. The van der Waals surface area contributed by atoms with Crippen molar-refractivity contribution in [3.05, 3.63) is 0 Å². The monoisotopic (exact) mass is 235 g/mol. The van der Waals surface area contributed by atoms with E-state index in [9.17, 15) is 8.42 Å². The van der Waals surface area contributed by atoms with Crippen molar-refractivity contribution in [3.63, 3.8) is 0 Å². The Hall–Kier alpha value is -0.130. The molecular formula is C10H21NO3S. The van der Waals surface area contributed by atoms with Crippen LogP contribution in [0.3, 0.4) is 0 Å². The van der Waals surface area contributed by atoms with E-state index in [0.717, 1.165) is 26.1 Å². The van der Waals surface area contributed by atoms with Gasteiger partial charge in [-0.2, -0.15) is 0 Å². The molecule has 1 N–H and O–H groups in total. The lowest BCUT2D eigenvalue weighted by molar-refractivity contribution is 0.0461. The van der Waals surface area contributed by atoms with Crippen LogP contribution in [0.1, 0.15) is 26.7 Å². The Morgan fingerprint density at radius 1 is 1.33 bits per heavy atom. The molecule has 15 heavy (non-hydrogen) atoms. The second-order valence-electron chi connectivity index (χ2n) is 4.34. The number of ether oxygens (including phenoxy) is 1. The molecule has 0 aromatic carbocycles. The van der Waals surface area contributed by atoms with Gasteiger partial charge in [-0.15, -0.1) is 0 Å². The number of nitrogens with one attached hydrogen (secondary N) is 1. The molecular weight excluding hydrogens is 214 g/mol. The molecule has 0 bridgehead atoms. The van der Waals surface area contributed by atoms with Crippen LogP contribution >= 0.6 is 0 Å². The second kappa shape index (κ2) is 5.27. The van der Waals surface area contributed by atoms with Crippen molar-refractivity contribution in [2.45, 2.75) is 32.2 Å². The summed E-state index contributed by atoms with van der Waals surface area (Å²) in [4.78, 5) is 0. The summed E-state index contributed by atoms with van der Waals surface area (Å²) in [6, 6.07) is 0. The molecule has 0 radical (unpaired) electrons. The van der Waals surface area contributed by atoms with Crippen molar-refractivity contribution < 1.29 is 13.2 Å². The summed E-state index contributed by atoms with van der Waals surface area (Å²) < 4.78 is 27.8. The maximum atomic E-state index is 11.3. The third-order valence-corrected chi connectivity index (χ3v) is 4.71.